The van der Waals surface area contributed by atoms with Crippen molar-refractivity contribution < 1.29 is 19.7 Å². The summed E-state index contributed by atoms with van der Waals surface area (Å²) in [7, 11) is 0. The maximum absolute atomic E-state index is 10.2. The van der Waals surface area contributed by atoms with Gasteiger partial charge < -0.3 is 31.2 Å². The minimum absolute atomic E-state index is 0.0439. The number of nitrogens with two attached hydrogens (primary N) is 2. The van der Waals surface area contributed by atoms with Gasteiger partial charge in [-0.1, -0.05) is 109 Å². The van der Waals surface area contributed by atoms with Gasteiger partial charge in [0.2, 0.25) is 0 Å². The van der Waals surface area contributed by atoms with Crippen LogP contribution in [0.2, 0.25) is 0 Å². The molecular weight excluding hydrogens is 669 g/mol. The molecule has 0 bridgehead atoms. The maximum Gasteiger partial charge on any atom is 0.138 e. The summed E-state index contributed by atoms with van der Waals surface area (Å²) in [6, 6.07) is 49.0. The average molecular weight is 701 g/mol. The van der Waals surface area contributed by atoms with Crippen molar-refractivity contribution in [3.63, 3.8) is 0 Å². The van der Waals surface area contributed by atoms with Crippen LogP contribution in [-0.2, 0) is 0 Å². The van der Waals surface area contributed by atoms with E-state index in [9.17, 15) is 10.2 Å². The summed E-state index contributed by atoms with van der Waals surface area (Å²) >= 11 is 0. The van der Waals surface area contributed by atoms with Crippen molar-refractivity contribution in [3.05, 3.63) is 180 Å². The number of anilines is 2. The van der Waals surface area contributed by atoms with E-state index in [2.05, 4.69) is 23.7 Å². The lowest BCUT2D eigenvalue weighted by Gasteiger charge is -2.21. The molecule has 0 aliphatic rings. The first-order chi connectivity index (χ1) is 26.4. The smallest absolute Gasteiger partial charge is 0.138 e. The van der Waals surface area contributed by atoms with Crippen LogP contribution in [0.3, 0.4) is 0 Å². The fraction of sp³-hybridized carbons (Fsp3) is 0. The zero-order valence-corrected chi connectivity index (χ0v) is 28.9. The third-order valence-corrected chi connectivity index (χ3v) is 8.95. The molecule has 0 radical (unpaired) electrons. The van der Waals surface area contributed by atoms with Crippen molar-refractivity contribution >= 4 is 32.9 Å². The standard InChI is InChI=1S/C48H32N2O4/c49-41-29-35(23-25-43(41)51)53-45-27-33(21-19-31-11-3-1-4-12-31)37-15-7-9-17-39(37)47(45)48-40-18-10-8-16-38(40)34(22-20-32-13-5-2-6-14-32)28-46(48)54-36-24-26-44(52)42(50)30-36/h1-18,23-30,51-52H,49-50H2. The van der Waals surface area contributed by atoms with Crippen LogP contribution < -0.4 is 20.9 Å². The molecule has 258 valence electrons. The Morgan fingerprint density at radius 1 is 0.389 bits per heavy atom. The topological polar surface area (TPSA) is 111 Å². The van der Waals surface area contributed by atoms with Gasteiger partial charge in [-0.2, -0.15) is 0 Å². The first-order valence-corrected chi connectivity index (χ1v) is 17.2. The summed E-state index contributed by atoms with van der Waals surface area (Å²) in [5.41, 5.74) is 17.4. The number of nitrogen functional groups attached to an aromatic ring is 2. The number of rotatable bonds is 5. The van der Waals surface area contributed by atoms with Gasteiger partial charge in [0.25, 0.3) is 0 Å². The molecule has 6 N–H and O–H groups in total. The summed E-state index contributed by atoms with van der Waals surface area (Å²) < 4.78 is 13.5. The van der Waals surface area contributed by atoms with E-state index in [-0.39, 0.29) is 22.9 Å². The Bertz CT molecular complexity index is 2630. The lowest BCUT2D eigenvalue weighted by Crippen LogP contribution is -1.98. The number of hydrogen-bond acceptors (Lipinski definition) is 6. The first kappa shape index (κ1) is 33.3. The highest BCUT2D eigenvalue weighted by Gasteiger charge is 2.23. The molecule has 0 saturated carbocycles. The number of ether oxygens (including phenoxy) is 2. The minimum Gasteiger partial charge on any atom is -0.506 e. The predicted octanol–water partition coefficient (Wildman–Crippen LogP) is 10.6. The molecule has 8 rings (SSSR count). The molecule has 54 heavy (non-hydrogen) atoms. The molecule has 0 spiro atoms. The fourth-order valence-corrected chi connectivity index (χ4v) is 6.35. The average Bonchev–Trinajstić information content (AvgIpc) is 3.20. The molecule has 0 saturated heterocycles. The summed E-state index contributed by atoms with van der Waals surface area (Å²) in [5.74, 6) is 15.1. The van der Waals surface area contributed by atoms with Crippen LogP contribution in [-0.4, -0.2) is 10.2 Å². The number of benzene rings is 8. The van der Waals surface area contributed by atoms with Crippen molar-refractivity contribution in [2.24, 2.45) is 0 Å². The highest BCUT2D eigenvalue weighted by molar-refractivity contribution is 6.12. The van der Waals surface area contributed by atoms with Crippen molar-refractivity contribution in [2.45, 2.75) is 0 Å². The maximum atomic E-state index is 10.2. The summed E-state index contributed by atoms with van der Waals surface area (Å²) in [5, 5.41) is 24.0. The highest BCUT2D eigenvalue weighted by Crippen LogP contribution is 2.49. The summed E-state index contributed by atoms with van der Waals surface area (Å²) in [6.45, 7) is 0. The monoisotopic (exact) mass is 700 g/mol. The fourth-order valence-electron chi connectivity index (χ4n) is 6.35. The van der Waals surface area contributed by atoms with Crippen LogP contribution in [0.15, 0.2) is 158 Å². The molecule has 0 unspecified atom stereocenters. The van der Waals surface area contributed by atoms with Crippen LogP contribution >= 0.6 is 0 Å². The lowest BCUT2D eigenvalue weighted by molar-refractivity contribution is 0.465. The molecule has 0 aromatic heterocycles. The quantitative estimate of drug-likeness (QED) is 0.0808. The number of aromatic hydroxyl groups is 2. The van der Waals surface area contributed by atoms with E-state index >= 15 is 0 Å². The third-order valence-electron chi connectivity index (χ3n) is 8.95. The molecule has 6 nitrogen and oxygen atoms in total. The Kier molecular flexibility index (Phi) is 8.92. The molecule has 0 heterocycles. The molecule has 8 aromatic rings. The Morgan fingerprint density at radius 3 is 1.15 bits per heavy atom. The Morgan fingerprint density at radius 2 is 0.759 bits per heavy atom. The van der Waals surface area contributed by atoms with Crippen LogP contribution in [0.25, 0.3) is 32.7 Å². The zero-order chi connectivity index (χ0) is 37.0. The van der Waals surface area contributed by atoms with E-state index in [0.717, 1.165) is 54.9 Å². The Balaban J connectivity index is 1.44. The van der Waals surface area contributed by atoms with Gasteiger partial charge in [0.15, 0.2) is 0 Å². The van der Waals surface area contributed by atoms with E-state index in [1.807, 2.05) is 121 Å². The Labute approximate surface area is 312 Å². The third kappa shape index (κ3) is 6.79. The number of hydrogen-bond donors (Lipinski definition) is 4. The zero-order valence-electron chi connectivity index (χ0n) is 28.9. The molecular formula is C48H32N2O4. The largest absolute Gasteiger partial charge is 0.506 e. The van der Waals surface area contributed by atoms with Crippen molar-refractivity contribution in [2.75, 3.05) is 11.5 Å². The van der Waals surface area contributed by atoms with Gasteiger partial charge >= 0.3 is 0 Å². The van der Waals surface area contributed by atoms with Gasteiger partial charge in [-0.25, -0.2) is 0 Å². The number of phenolic OH excluding ortho intramolecular Hbond substituents is 2. The van der Waals surface area contributed by atoms with Gasteiger partial charge in [-0.05, 0) is 82.2 Å². The van der Waals surface area contributed by atoms with E-state index in [4.69, 9.17) is 20.9 Å². The van der Waals surface area contributed by atoms with Gasteiger partial charge in [0.05, 0.1) is 11.4 Å². The predicted molar refractivity (Wildman–Crippen MR) is 217 cm³/mol. The van der Waals surface area contributed by atoms with Crippen molar-refractivity contribution in [3.8, 4) is 69.3 Å². The number of fused-ring (bicyclic) bond motifs is 2. The molecule has 0 atom stereocenters. The van der Waals surface area contributed by atoms with Crippen LogP contribution in [0.4, 0.5) is 11.4 Å². The Hall–Kier alpha value is -7.80. The van der Waals surface area contributed by atoms with Gasteiger partial charge in [-0.3, -0.25) is 0 Å². The second kappa shape index (κ2) is 14.4. The summed E-state index contributed by atoms with van der Waals surface area (Å²) in [6.07, 6.45) is 0. The van der Waals surface area contributed by atoms with Crippen LogP contribution in [0.1, 0.15) is 22.3 Å². The van der Waals surface area contributed by atoms with Gasteiger partial charge in [0, 0.05) is 45.5 Å². The molecule has 0 fully saturated rings. The normalized spacial score (nSPS) is 10.6. The van der Waals surface area contributed by atoms with E-state index in [1.165, 1.54) is 12.1 Å². The molecule has 0 amide bonds. The van der Waals surface area contributed by atoms with Gasteiger partial charge in [-0.15, -0.1) is 0 Å². The second-order valence-corrected chi connectivity index (χ2v) is 12.6. The second-order valence-electron chi connectivity index (χ2n) is 12.6. The highest BCUT2D eigenvalue weighted by atomic mass is 16.5. The van der Waals surface area contributed by atoms with Crippen molar-refractivity contribution in [1.82, 2.24) is 0 Å². The number of phenols is 2. The first-order valence-electron chi connectivity index (χ1n) is 17.2. The van der Waals surface area contributed by atoms with Crippen molar-refractivity contribution in [1.29, 1.82) is 0 Å². The van der Waals surface area contributed by atoms with Crippen LogP contribution in [0.5, 0.6) is 34.5 Å². The molecule has 6 heteroatoms. The van der Waals surface area contributed by atoms with Gasteiger partial charge in [0.1, 0.15) is 34.5 Å². The lowest BCUT2D eigenvalue weighted by atomic mass is 9.88. The molecule has 0 aliphatic heterocycles. The van der Waals surface area contributed by atoms with E-state index in [0.29, 0.717) is 23.0 Å². The summed E-state index contributed by atoms with van der Waals surface area (Å²) in [4.78, 5) is 0. The molecule has 0 aliphatic carbocycles. The van der Waals surface area contributed by atoms with Crippen LogP contribution in [0, 0.1) is 23.7 Å². The minimum atomic E-state index is -0.0439. The SMILES string of the molecule is Nc1cc(Oc2cc(C#Cc3ccccc3)c3ccccc3c2-c2c(Oc3ccc(O)c(N)c3)cc(C#Cc3ccccc3)c3ccccc23)ccc1O. The molecule has 8 aromatic carbocycles. The van der Waals surface area contributed by atoms with E-state index < -0.39 is 0 Å². The van der Waals surface area contributed by atoms with E-state index in [1.54, 1.807) is 24.3 Å².